The number of nitrogens with one attached hydrogen (secondary N) is 1. The van der Waals surface area contributed by atoms with Crippen molar-refractivity contribution in [1.82, 2.24) is 0 Å². The highest BCUT2D eigenvalue weighted by Crippen LogP contribution is 2.37. The molecule has 0 unspecified atom stereocenters. The molecule has 82 valence electrons. The van der Waals surface area contributed by atoms with Crippen molar-refractivity contribution >= 4 is 29.0 Å². The number of carbonyl (C=O) groups is 2. The lowest BCUT2D eigenvalue weighted by atomic mass is 10.0. The third-order valence-corrected chi connectivity index (χ3v) is 3.34. The maximum atomic E-state index is 11.9. The number of ketones is 1. The molecule has 2 aliphatic rings. The van der Waals surface area contributed by atoms with E-state index in [1.54, 1.807) is 12.1 Å². The smallest absolute Gasteiger partial charge is 0.228 e. The number of anilines is 1. The molecule has 1 fully saturated rings. The first-order valence-corrected chi connectivity index (χ1v) is 5.69. The van der Waals surface area contributed by atoms with E-state index in [1.807, 2.05) is 0 Å². The van der Waals surface area contributed by atoms with Gasteiger partial charge in [-0.3, -0.25) is 9.59 Å². The van der Waals surface area contributed by atoms with E-state index in [2.05, 4.69) is 5.32 Å². The van der Waals surface area contributed by atoms with E-state index in [1.165, 1.54) is 0 Å². The molecule has 0 radical (unpaired) electrons. The highest BCUT2D eigenvalue weighted by atomic mass is 35.5. The Morgan fingerprint density at radius 3 is 2.81 bits per heavy atom. The van der Waals surface area contributed by atoms with Gasteiger partial charge in [0.25, 0.3) is 0 Å². The van der Waals surface area contributed by atoms with Gasteiger partial charge in [-0.15, -0.1) is 0 Å². The monoisotopic (exact) mass is 235 g/mol. The quantitative estimate of drug-likeness (QED) is 0.801. The van der Waals surface area contributed by atoms with Crippen molar-refractivity contribution in [2.24, 2.45) is 5.92 Å². The van der Waals surface area contributed by atoms with Crippen molar-refractivity contribution in [1.29, 1.82) is 0 Å². The summed E-state index contributed by atoms with van der Waals surface area (Å²) in [5, 5.41) is 3.16. The zero-order valence-electron chi connectivity index (χ0n) is 8.55. The van der Waals surface area contributed by atoms with Gasteiger partial charge in [0.05, 0.1) is 11.4 Å². The van der Waals surface area contributed by atoms with Crippen molar-refractivity contribution in [2.45, 2.75) is 19.3 Å². The van der Waals surface area contributed by atoms with Crippen molar-refractivity contribution in [3.05, 3.63) is 28.3 Å². The SMILES string of the molecule is O=C1Cc2cc(C(=O)C3CC3)c(Cl)cc2N1. The van der Waals surface area contributed by atoms with Crippen LogP contribution < -0.4 is 5.32 Å². The van der Waals surface area contributed by atoms with E-state index in [0.717, 1.165) is 24.1 Å². The normalized spacial score (nSPS) is 18.2. The maximum Gasteiger partial charge on any atom is 0.228 e. The molecular weight excluding hydrogens is 226 g/mol. The molecule has 1 N–H and O–H groups in total. The predicted molar refractivity (Wildman–Crippen MR) is 60.8 cm³/mol. The highest BCUT2D eigenvalue weighted by Gasteiger charge is 2.32. The summed E-state index contributed by atoms with van der Waals surface area (Å²) in [4.78, 5) is 23.1. The number of halogens is 1. The average Bonchev–Trinajstić information content (AvgIpc) is 3.00. The fraction of sp³-hybridized carbons (Fsp3) is 0.333. The van der Waals surface area contributed by atoms with Crippen molar-refractivity contribution < 1.29 is 9.59 Å². The van der Waals surface area contributed by atoms with Gasteiger partial charge >= 0.3 is 0 Å². The van der Waals surface area contributed by atoms with E-state index >= 15 is 0 Å². The molecule has 1 aliphatic carbocycles. The van der Waals surface area contributed by atoms with E-state index in [-0.39, 0.29) is 17.6 Å². The second kappa shape index (κ2) is 3.32. The molecule has 1 aliphatic heterocycles. The Morgan fingerprint density at radius 1 is 1.38 bits per heavy atom. The van der Waals surface area contributed by atoms with E-state index in [0.29, 0.717) is 17.0 Å². The van der Waals surface area contributed by atoms with Crippen LogP contribution in [0.25, 0.3) is 0 Å². The Kier molecular flexibility index (Phi) is 2.04. The van der Waals surface area contributed by atoms with Gasteiger partial charge < -0.3 is 5.32 Å². The number of carbonyl (C=O) groups excluding carboxylic acids is 2. The van der Waals surface area contributed by atoms with Crippen LogP contribution in [0.1, 0.15) is 28.8 Å². The number of Topliss-reactive ketones (excluding diaryl/α,β-unsaturated/α-hetero) is 1. The van der Waals surface area contributed by atoms with E-state index < -0.39 is 0 Å². The van der Waals surface area contributed by atoms with Gasteiger partial charge in [-0.2, -0.15) is 0 Å². The Morgan fingerprint density at radius 2 is 2.12 bits per heavy atom. The molecule has 3 rings (SSSR count). The van der Waals surface area contributed by atoms with Crippen LogP contribution in [-0.4, -0.2) is 11.7 Å². The minimum Gasteiger partial charge on any atom is -0.325 e. The lowest BCUT2D eigenvalue weighted by Gasteiger charge is -2.05. The molecule has 1 aromatic rings. The minimum absolute atomic E-state index is 0.0397. The van der Waals surface area contributed by atoms with Crippen LogP contribution in [0.4, 0.5) is 5.69 Å². The summed E-state index contributed by atoms with van der Waals surface area (Å²) in [5.41, 5.74) is 2.18. The molecule has 0 aromatic heterocycles. The molecule has 0 saturated heterocycles. The van der Waals surface area contributed by atoms with Gasteiger partial charge in [0.15, 0.2) is 5.78 Å². The van der Waals surface area contributed by atoms with Crippen molar-refractivity contribution in [3.8, 4) is 0 Å². The number of amides is 1. The van der Waals surface area contributed by atoms with Gasteiger partial charge in [0, 0.05) is 17.2 Å². The number of fused-ring (bicyclic) bond motifs is 1. The molecule has 0 spiro atoms. The molecule has 4 heteroatoms. The van der Waals surface area contributed by atoms with Gasteiger partial charge in [-0.25, -0.2) is 0 Å². The fourth-order valence-electron chi connectivity index (χ4n) is 2.00. The molecule has 16 heavy (non-hydrogen) atoms. The Bertz CT molecular complexity index is 506. The highest BCUT2D eigenvalue weighted by molar-refractivity contribution is 6.34. The third kappa shape index (κ3) is 1.52. The fourth-order valence-corrected chi connectivity index (χ4v) is 2.26. The predicted octanol–water partition coefficient (Wildman–Crippen LogP) is 2.43. The minimum atomic E-state index is -0.0397. The lowest BCUT2D eigenvalue weighted by molar-refractivity contribution is -0.115. The van der Waals surface area contributed by atoms with Crippen LogP contribution in [0.2, 0.25) is 5.02 Å². The largest absolute Gasteiger partial charge is 0.325 e. The summed E-state index contributed by atoms with van der Waals surface area (Å²) in [6.07, 6.45) is 2.27. The summed E-state index contributed by atoms with van der Waals surface area (Å²) in [6, 6.07) is 3.44. The third-order valence-electron chi connectivity index (χ3n) is 3.03. The van der Waals surface area contributed by atoms with Gasteiger partial charge in [0.1, 0.15) is 0 Å². The van der Waals surface area contributed by atoms with Gasteiger partial charge in [0.2, 0.25) is 5.91 Å². The van der Waals surface area contributed by atoms with Crippen LogP contribution in [0.3, 0.4) is 0 Å². The lowest BCUT2D eigenvalue weighted by Crippen LogP contribution is -2.03. The van der Waals surface area contributed by atoms with E-state index in [9.17, 15) is 9.59 Å². The summed E-state index contributed by atoms with van der Waals surface area (Å²) in [5.74, 6) is 0.231. The first-order valence-electron chi connectivity index (χ1n) is 5.31. The summed E-state index contributed by atoms with van der Waals surface area (Å²) < 4.78 is 0. The zero-order chi connectivity index (χ0) is 11.3. The molecule has 3 nitrogen and oxygen atoms in total. The molecule has 1 amide bonds. The molecule has 1 aromatic carbocycles. The first kappa shape index (κ1) is 9.85. The zero-order valence-corrected chi connectivity index (χ0v) is 9.30. The standard InChI is InChI=1S/C12H10ClNO2/c13-9-5-10-7(4-11(15)14-10)3-8(9)12(16)6-1-2-6/h3,5-6H,1-2,4H2,(H,14,15). The summed E-state index contributed by atoms with van der Waals surface area (Å²) >= 11 is 6.05. The maximum absolute atomic E-state index is 11.9. The Balaban J connectivity index is 2.03. The Hall–Kier alpha value is -1.35. The van der Waals surface area contributed by atoms with Crippen molar-refractivity contribution in [2.75, 3.05) is 5.32 Å². The van der Waals surface area contributed by atoms with Crippen LogP contribution in [0.5, 0.6) is 0 Å². The van der Waals surface area contributed by atoms with Crippen LogP contribution in [0.15, 0.2) is 12.1 Å². The van der Waals surface area contributed by atoms with Gasteiger partial charge in [-0.05, 0) is 30.5 Å². The topological polar surface area (TPSA) is 46.2 Å². The van der Waals surface area contributed by atoms with Gasteiger partial charge in [-0.1, -0.05) is 11.6 Å². The number of hydrogen-bond donors (Lipinski definition) is 1. The Labute approximate surface area is 97.8 Å². The average molecular weight is 236 g/mol. The summed E-state index contributed by atoms with van der Waals surface area (Å²) in [7, 11) is 0. The molecular formula is C12H10ClNO2. The van der Waals surface area contributed by atoms with E-state index in [4.69, 9.17) is 11.6 Å². The molecule has 1 heterocycles. The number of rotatable bonds is 2. The summed E-state index contributed by atoms with van der Waals surface area (Å²) in [6.45, 7) is 0. The first-order chi connectivity index (χ1) is 7.65. The second-order valence-electron chi connectivity index (χ2n) is 4.35. The molecule has 1 saturated carbocycles. The number of benzene rings is 1. The number of hydrogen-bond acceptors (Lipinski definition) is 2. The van der Waals surface area contributed by atoms with Crippen molar-refractivity contribution in [3.63, 3.8) is 0 Å². The molecule has 0 bridgehead atoms. The molecule has 0 atom stereocenters. The van der Waals surface area contributed by atoms with Crippen LogP contribution in [-0.2, 0) is 11.2 Å². The van der Waals surface area contributed by atoms with Crippen LogP contribution >= 0.6 is 11.6 Å². The van der Waals surface area contributed by atoms with Crippen LogP contribution in [0, 0.1) is 5.92 Å². The second-order valence-corrected chi connectivity index (χ2v) is 4.76.